The second kappa shape index (κ2) is 28.4. The smallest absolute Gasteiger partial charge is 0.235 e. The highest BCUT2D eigenvalue weighted by Gasteiger charge is 2.33. The SMILES string of the molecule is CC[C@@H](CCCCN)C(=O)N[C@@H](Cc1ccccc1)CN(CC(=O)N[C@@H](CCCCN)C(=O)C[C@@H](Cc1ccccc1)CN(CC(N)=O)S(=O)(=O)Cc1ccccc1)S(=O)(=O)CCN. The highest BCUT2D eigenvalue weighted by molar-refractivity contribution is 7.89. The molecule has 3 amide bonds. The number of nitrogens with one attached hydrogen (secondary N) is 2. The molecule has 0 aromatic heterocycles. The zero-order valence-corrected chi connectivity index (χ0v) is 38.8. The Labute approximate surface area is 380 Å². The molecule has 0 aliphatic rings. The number of sulfonamides is 2. The lowest BCUT2D eigenvalue weighted by molar-refractivity contribution is -0.128. The molecule has 18 heteroatoms. The fourth-order valence-electron chi connectivity index (χ4n) is 7.63. The van der Waals surface area contributed by atoms with Gasteiger partial charge in [0.15, 0.2) is 5.78 Å². The van der Waals surface area contributed by atoms with Crippen LogP contribution in [0.25, 0.3) is 0 Å². The Balaban J connectivity index is 1.93. The molecule has 3 aromatic carbocycles. The average Bonchev–Trinajstić information content (AvgIpc) is 3.25. The molecule has 0 aliphatic carbocycles. The topological polar surface area (TPSA) is 271 Å². The number of amides is 3. The number of nitrogens with zero attached hydrogens (tertiary/aromatic N) is 2. The van der Waals surface area contributed by atoms with Gasteiger partial charge in [-0.1, -0.05) is 104 Å². The van der Waals surface area contributed by atoms with Crippen molar-refractivity contribution in [1.29, 1.82) is 0 Å². The number of unbranched alkanes of at least 4 members (excludes halogenated alkanes) is 2. The quantitative estimate of drug-likeness (QED) is 0.0482. The number of carbonyl (C=O) groups is 4. The zero-order valence-electron chi connectivity index (χ0n) is 37.2. The van der Waals surface area contributed by atoms with Gasteiger partial charge in [0.1, 0.15) is 0 Å². The third kappa shape index (κ3) is 19.7. The van der Waals surface area contributed by atoms with Gasteiger partial charge < -0.3 is 33.6 Å². The van der Waals surface area contributed by atoms with E-state index >= 15 is 0 Å². The summed E-state index contributed by atoms with van der Waals surface area (Å²) in [5.41, 5.74) is 25.0. The van der Waals surface area contributed by atoms with Crippen LogP contribution in [0.5, 0.6) is 0 Å². The maximum absolute atomic E-state index is 14.4. The first kappa shape index (κ1) is 53.8. The molecular formula is C46H70N8O8S2. The Morgan fingerprint density at radius 3 is 1.69 bits per heavy atom. The van der Waals surface area contributed by atoms with Crippen molar-refractivity contribution >= 4 is 43.6 Å². The molecule has 0 fully saturated rings. The molecule has 3 aromatic rings. The van der Waals surface area contributed by atoms with Crippen molar-refractivity contribution in [3.05, 3.63) is 108 Å². The minimum Gasteiger partial charge on any atom is -0.369 e. The van der Waals surface area contributed by atoms with Crippen LogP contribution in [0.1, 0.15) is 75.0 Å². The number of primary amides is 1. The fourth-order valence-corrected chi connectivity index (χ4v) is 10.5. The van der Waals surface area contributed by atoms with Crippen LogP contribution in [0.2, 0.25) is 0 Å². The minimum absolute atomic E-state index is 0.182. The van der Waals surface area contributed by atoms with E-state index in [4.69, 9.17) is 22.9 Å². The summed E-state index contributed by atoms with van der Waals surface area (Å²) in [6.07, 6.45) is 4.25. The van der Waals surface area contributed by atoms with Crippen LogP contribution in [0.15, 0.2) is 91.0 Å². The predicted molar refractivity (Wildman–Crippen MR) is 251 cm³/mol. The van der Waals surface area contributed by atoms with Crippen molar-refractivity contribution in [3.63, 3.8) is 0 Å². The van der Waals surface area contributed by atoms with Gasteiger partial charge in [0.2, 0.25) is 37.8 Å². The van der Waals surface area contributed by atoms with Gasteiger partial charge >= 0.3 is 0 Å². The van der Waals surface area contributed by atoms with E-state index in [0.29, 0.717) is 44.3 Å². The third-order valence-electron chi connectivity index (χ3n) is 11.0. The van der Waals surface area contributed by atoms with Crippen molar-refractivity contribution in [2.24, 2.45) is 34.8 Å². The fraction of sp³-hybridized carbons (Fsp3) is 0.522. The van der Waals surface area contributed by atoms with E-state index in [2.05, 4.69) is 10.6 Å². The van der Waals surface area contributed by atoms with Crippen molar-refractivity contribution in [2.75, 3.05) is 51.6 Å². The van der Waals surface area contributed by atoms with Gasteiger partial charge in [0.25, 0.3) is 0 Å². The number of hydrogen-bond acceptors (Lipinski definition) is 11. The maximum Gasteiger partial charge on any atom is 0.235 e. The number of nitrogens with two attached hydrogens (primary N) is 4. The van der Waals surface area contributed by atoms with E-state index < -0.39 is 80.2 Å². The lowest BCUT2D eigenvalue weighted by Crippen LogP contribution is -2.53. The Hall–Kier alpha value is -4.56. The summed E-state index contributed by atoms with van der Waals surface area (Å²) in [5, 5.41) is 5.85. The number of benzene rings is 3. The first-order valence-electron chi connectivity index (χ1n) is 22.2. The molecule has 16 nitrogen and oxygen atoms in total. The van der Waals surface area contributed by atoms with E-state index in [1.54, 1.807) is 30.3 Å². The molecule has 0 aliphatic heterocycles. The van der Waals surface area contributed by atoms with Crippen molar-refractivity contribution in [3.8, 4) is 0 Å². The van der Waals surface area contributed by atoms with Gasteiger partial charge in [-0.3, -0.25) is 19.2 Å². The van der Waals surface area contributed by atoms with Crippen molar-refractivity contribution in [2.45, 2.75) is 89.0 Å². The summed E-state index contributed by atoms with van der Waals surface area (Å²) in [7, 11) is -8.24. The van der Waals surface area contributed by atoms with Crippen LogP contribution < -0.4 is 33.6 Å². The van der Waals surface area contributed by atoms with Gasteiger partial charge in [0, 0.05) is 38.0 Å². The summed E-state index contributed by atoms with van der Waals surface area (Å²) < 4.78 is 57.2. The van der Waals surface area contributed by atoms with E-state index in [1.807, 2.05) is 67.6 Å². The standard InChI is InChI=1S/C46H70N8O8S2/c1-2-40(22-12-14-24-47)46(58)51-41(29-37-18-8-4-9-19-37)32-54(63(59,60)27-26-49)34-45(57)52-42(23-13-15-25-48)43(55)30-39(28-36-16-6-3-7-17-36)31-53(33-44(50)56)64(61,62)35-38-20-10-5-11-21-38/h3-11,16-21,39-42H,2,12-15,22-35,47-49H2,1H3,(H2,50,56)(H,51,58)(H,52,57)/t39-,40+,41+,42+/m1/s1. The summed E-state index contributed by atoms with van der Waals surface area (Å²) in [4.78, 5) is 54.3. The summed E-state index contributed by atoms with van der Waals surface area (Å²) in [6.45, 7) is 0.827. The molecule has 0 unspecified atom stereocenters. The van der Waals surface area contributed by atoms with E-state index in [-0.39, 0.29) is 57.1 Å². The molecule has 0 saturated carbocycles. The number of ketones is 1. The largest absolute Gasteiger partial charge is 0.369 e. The highest BCUT2D eigenvalue weighted by atomic mass is 32.2. The second-order valence-corrected chi connectivity index (χ2v) is 20.4. The molecule has 0 spiro atoms. The van der Waals surface area contributed by atoms with Crippen LogP contribution >= 0.6 is 0 Å². The average molecular weight is 927 g/mol. The lowest BCUT2D eigenvalue weighted by atomic mass is 9.90. The maximum atomic E-state index is 14.4. The Morgan fingerprint density at radius 1 is 0.625 bits per heavy atom. The number of hydrogen-bond donors (Lipinski definition) is 6. The van der Waals surface area contributed by atoms with Crippen LogP contribution in [-0.4, -0.2) is 113 Å². The van der Waals surface area contributed by atoms with Crippen LogP contribution in [-0.2, 0) is 57.8 Å². The normalized spacial score (nSPS) is 13.8. The van der Waals surface area contributed by atoms with Crippen LogP contribution in [0.3, 0.4) is 0 Å². The molecular weight excluding hydrogens is 857 g/mol. The summed E-state index contributed by atoms with van der Waals surface area (Å²) in [6, 6.07) is 25.2. The monoisotopic (exact) mass is 926 g/mol. The molecule has 0 heterocycles. The molecule has 4 atom stereocenters. The number of carbonyl (C=O) groups excluding carboxylic acids is 4. The first-order valence-corrected chi connectivity index (χ1v) is 25.4. The van der Waals surface area contributed by atoms with Crippen molar-refractivity contribution < 1.29 is 36.0 Å². The molecule has 0 bridgehead atoms. The van der Waals surface area contributed by atoms with E-state index in [1.165, 1.54) is 0 Å². The highest BCUT2D eigenvalue weighted by Crippen LogP contribution is 2.21. The van der Waals surface area contributed by atoms with E-state index in [0.717, 1.165) is 32.6 Å². The van der Waals surface area contributed by atoms with Gasteiger partial charge in [-0.05, 0) is 87.1 Å². The van der Waals surface area contributed by atoms with Gasteiger partial charge in [0.05, 0.1) is 30.6 Å². The van der Waals surface area contributed by atoms with Crippen LogP contribution in [0.4, 0.5) is 0 Å². The zero-order chi connectivity index (χ0) is 47.0. The lowest BCUT2D eigenvalue weighted by Gasteiger charge is -2.30. The summed E-state index contributed by atoms with van der Waals surface area (Å²) >= 11 is 0. The number of rotatable bonds is 33. The predicted octanol–water partition coefficient (Wildman–Crippen LogP) is 2.21. The Kier molecular flexibility index (Phi) is 23.8. The van der Waals surface area contributed by atoms with Gasteiger partial charge in [-0.2, -0.15) is 8.61 Å². The number of Topliss-reactive ketones (excluding diaryl/α,β-unsaturated/α-hetero) is 1. The van der Waals surface area contributed by atoms with Crippen LogP contribution in [0, 0.1) is 11.8 Å². The van der Waals surface area contributed by atoms with E-state index in [9.17, 15) is 36.0 Å². The molecule has 354 valence electrons. The second-order valence-electron chi connectivity index (χ2n) is 16.3. The molecule has 10 N–H and O–H groups in total. The Morgan fingerprint density at radius 2 is 1.16 bits per heavy atom. The minimum atomic E-state index is -4.14. The molecule has 0 saturated heterocycles. The molecule has 64 heavy (non-hydrogen) atoms. The molecule has 0 radical (unpaired) electrons. The van der Waals surface area contributed by atoms with Gasteiger partial charge in [-0.15, -0.1) is 0 Å². The molecule has 3 rings (SSSR count). The Bertz CT molecular complexity index is 2080. The summed E-state index contributed by atoms with van der Waals surface area (Å²) in [5.74, 6) is -4.06. The first-order chi connectivity index (χ1) is 30.6. The van der Waals surface area contributed by atoms with Crippen molar-refractivity contribution in [1.82, 2.24) is 19.2 Å². The third-order valence-corrected chi connectivity index (χ3v) is 14.5. The van der Waals surface area contributed by atoms with Gasteiger partial charge in [-0.25, -0.2) is 16.8 Å².